The number of rotatable bonds is 9. The van der Waals surface area contributed by atoms with Crippen molar-refractivity contribution >= 4 is 40.5 Å². The molecule has 6 heteroatoms. The Kier molecular flexibility index (Phi) is 9.77. The van der Waals surface area contributed by atoms with Gasteiger partial charge in [0.2, 0.25) is 11.8 Å². The van der Waals surface area contributed by atoms with Gasteiger partial charge in [0.25, 0.3) is 0 Å². The monoisotopic (exact) mass is 363 g/mol. The van der Waals surface area contributed by atoms with Crippen molar-refractivity contribution in [3.63, 3.8) is 0 Å². The van der Waals surface area contributed by atoms with Gasteiger partial charge in [0.1, 0.15) is 0 Å². The normalized spacial score (nSPS) is 10.2. The second kappa shape index (κ2) is 11.6. The van der Waals surface area contributed by atoms with E-state index in [-0.39, 0.29) is 16.9 Å². The maximum atomic E-state index is 11.9. The lowest BCUT2D eigenvalue weighted by atomic mass is 10.1. The van der Waals surface area contributed by atoms with Crippen molar-refractivity contribution in [3.05, 3.63) is 23.8 Å². The highest BCUT2D eigenvalue weighted by molar-refractivity contribution is 7.80. The van der Waals surface area contributed by atoms with Crippen LogP contribution < -0.4 is 16.0 Å². The lowest BCUT2D eigenvalue weighted by Crippen LogP contribution is -2.34. The van der Waals surface area contributed by atoms with Crippen LogP contribution in [0.4, 0.5) is 11.4 Å². The minimum absolute atomic E-state index is 0.0424. The van der Waals surface area contributed by atoms with Gasteiger partial charge in [-0.15, -0.1) is 0 Å². The Labute approximate surface area is 156 Å². The van der Waals surface area contributed by atoms with Gasteiger partial charge in [-0.1, -0.05) is 45.6 Å². The molecule has 1 rings (SSSR count). The summed E-state index contributed by atoms with van der Waals surface area (Å²) >= 11 is 5.22. The fourth-order valence-corrected chi connectivity index (χ4v) is 2.60. The third kappa shape index (κ3) is 8.12. The average Bonchev–Trinajstić information content (AvgIpc) is 2.58. The van der Waals surface area contributed by atoms with E-state index in [0.29, 0.717) is 12.8 Å². The first-order chi connectivity index (χ1) is 12.0. The van der Waals surface area contributed by atoms with Crippen LogP contribution >= 0.6 is 12.2 Å². The molecule has 1 aromatic carbocycles. The van der Waals surface area contributed by atoms with E-state index in [9.17, 15) is 9.59 Å². The lowest BCUT2D eigenvalue weighted by Gasteiger charge is -2.15. The van der Waals surface area contributed by atoms with Gasteiger partial charge in [0.15, 0.2) is 5.11 Å². The molecule has 0 radical (unpaired) electrons. The summed E-state index contributed by atoms with van der Waals surface area (Å²) < 4.78 is 0. The van der Waals surface area contributed by atoms with Gasteiger partial charge < -0.3 is 16.0 Å². The predicted molar refractivity (Wildman–Crippen MR) is 108 cm³/mol. The number of anilines is 2. The number of unbranched alkanes of at least 4 members (excludes halogenated alkanes) is 4. The van der Waals surface area contributed by atoms with Crippen LogP contribution in [0.3, 0.4) is 0 Å². The Morgan fingerprint density at radius 2 is 1.60 bits per heavy atom. The SMILES string of the molecule is CCCCCCCC(=O)NC(=S)Nc1cccc(NC(=O)CC)c1C. The Hall–Kier alpha value is -1.95. The van der Waals surface area contributed by atoms with E-state index in [1.807, 2.05) is 25.1 Å². The summed E-state index contributed by atoms with van der Waals surface area (Å²) in [7, 11) is 0. The van der Waals surface area contributed by atoms with E-state index in [0.717, 1.165) is 29.8 Å². The Morgan fingerprint density at radius 1 is 0.960 bits per heavy atom. The van der Waals surface area contributed by atoms with Crippen molar-refractivity contribution < 1.29 is 9.59 Å². The third-order valence-corrected chi connectivity index (χ3v) is 4.14. The molecule has 3 N–H and O–H groups in total. The van der Waals surface area contributed by atoms with E-state index in [4.69, 9.17) is 12.2 Å². The molecule has 2 amide bonds. The number of hydrogen-bond acceptors (Lipinski definition) is 3. The summed E-state index contributed by atoms with van der Waals surface area (Å²) in [6.45, 7) is 5.87. The minimum atomic E-state index is -0.0675. The molecule has 25 heavy (non-hydrogen) atoms. The molecule has 0 aromatic heterocycles. The largest absolute Gasteiger partial charge is 0.332 e. The molecule has 138 valence electrons. The standard InChI is InChI=1S/C19H29N3O2S/c1-4-6-7-8-9-13-18(24)22-19(25)21-16-12-10-11-15(14(16)3)20-17(23)5-2/h10-12H,4-9,13H2,1-3H3,(H,20,23)(H2,21,22,24,25). The van der Waals surface area contributed by atoms with E-state index >= 15 is 0 Å². The van der Waals surface area contributed by atoms with Crippen LogP contribution in [0.5, 0.6) is 0 Å². The van der Waals surface area contributed by atoms with Gasteiger partial charge in [-0.05, 0) is 43.3 Å². The summed E-state index contributed by atoms with van der Waals surface area (Å²) in [6.07, 6.45) is 6.43. The molecule has 0 fully saturated rings. The second-order valence-corrected chi connectivity index (χ2v) is 6.45. The quantitative estimate of drug-likeness (QED) is 0.446. The zero-order valence-corrected chi connectivity index (χ0v) is 16.2. The van der Waals surface area contributed by atoms with Crippen molar-refractivity contribution in [2.45, 2.75) is 65.7 Å². The maximum absolute atomic E-state index is 11.9. The van der Waals surface area contributed by atoms with Gasteiger partial charge in [-0.2, -0.15) is 0 Å². The maximum Gasteiger partial charge on any atom is 0.226 e. The van der Waals surface area contributed by atoms with Gasteiger partial charge >= 0.3 is 0 Å². The molecule has 0 bridgehead atoms. The first-order valence-electron chi connectivity index (χ1n) is 8.98. The zero-order valence-electron chi connectivity index (χ0n) is 15.4. The summed E-state index contributed by atoms with van der Waals surface area (Å²) in [5.41, 5.74) is 2.38. The van der Waals surface area contributed by atoms with Crippen molar-refractivity contribution in [2.75, 3.05) is 10.6 Å². The number of carbonyl (C=O) groups is 2. The molecule has 0 aliphatic heterocycles. The van der Waals surface area contributed by atoms with Gasteiger partial charge in [-0.25, -0.2) is 0 Å². The van der Waals surface area contributed by atoms with Crippen LogP contribution in [-0.2, 0) is 9.59 Å². The predicted octanol–water partition coefficient (Wildman–Crippen LogP) is 4.52. The van der Waals surface area contributed by atoms with Crippen LogP contribution in [-0.4, -0.2) is 16.9 Å². The third-order valence-electron chi connectivity index (χ3n) is 3.94. The van der Waals surface area contributed by atoms with Crippen LogP contribution in [0.1, 0.15) is 64.4 Å². The lowest BCUT2D eigenvalue weighted by molar-refractivity contribution is -0.119. The van der Waals surface area contributed by atoms with E-state index < -0.39 is 0 Å². The molecule has 5 nitrogen and oxygen atoms in total. The number of nitrogens with one attached hydrogen (secondary N) is 3. The molecule has 0 spiro atoms. The first kappa shape index (κ1) is 21.1. The van der Waals surface area contributed by atoms with Crippen molar-refractivity contribution in [1.29, 1.82) is 0 Å². The molecule has 0 unspecified atom stereocenters. The number of benzene rings is 1. The molecule has 0 saturated heterocycles. The summed E-state index contributed by atoms with van der Waals surface area (Å²) in [6, 6.07) is 5.53. The van der Waals surface area contributed by atoms with Crippen LogP contribution in [0, 0.1) is 6.92 Å². The minimum Gasteiger partial charge on any atom is -0.332 e. The fourth-order valence-electron chi connectivity index (χ4n) is 2.38. The smallest absolute Gasteiger partial charge is 0.226 e. The summed E-state index contributed by atoms with van der Waals surface area (Å²) in [5, 5.41) is 8.87. The highest BCUT2D eigenvalue weighted by Gasteiger charge is 2.09. The number of amides is 2. The number of hydrogen-bond donors (Lipinski definition) is 3. The topological polar surface area (TPSA) is 70.2 Å². The summed E-state index contributed by atoms with van der Waals surface area (Å²) in [4.78, 5) is 23.5. The molecular weight excluding hydrogens is 334 g/mol. The van der Waals surface area contributed by atoms with Crippen molar-refractivity contribution in [2.24, 2.45) is 0 Å². The highest BCUT2D eigenvalue weighted by Crippen LogP contribution is 2.23. The highest BCUT2D eigenvalue weighted by atomic mass is 32.1. The zero-order chi connectivity index (χ0) is 18.7. The molecule has 0 heterocycles. The molecular formula is C19H29N3O2S. The van der Waals surface area contributed by atoms with Crippen molar-refractivity contribution in [3.8, 4) is 0 Å². The van der Waals surface area contributed by atoms with E-state index in [2.05, 4.69) is 22.9 Å². The van der Waals surface area contributed by atoms with E-state index in [1.165, 1.54) is 19.3 Å². The molecule has 1 aromatic rings. The fraction of sp³-hybridized carbons (Fsp3) is 0.526. The van der Waals surface area contributed by atoms with Crippen molar-refractivity contribution in [1.82, 2.24) is 5.32 Å². The molecule has 0 aliphatic rings. The van der Waals surface area contributed by atoms with Gasteiger partial charge in [0.05, 0.1) is 0 Å². The molecule has 0 saturated carbocycles. The average molecular weight is 364 g/mol. The number of carbonyl (C=O) groups excluding carboxylic acids is 2. The Morgan fingerprint density at radius 3 is 2.24 bits per heavy atom. The second-order valence-electron chi connectivity index (χ2n) is 6.05. The summed E-state index contributed by atoms with van der Waals surface area (Å²) in [5.74, 6) is -0.110. The Balaban J connectivity index is 2.50. The van der Waals surface area contributed by atoms with Gasteiger partial charge in [0, 0.05) is 24.2 Å². The Bertz CT molecular complexity index is 602. The number of thiocarbonyl (C=S) groups is 1. The molecule has 0 atom stereocenters. The van der Waals surface area contributed by atoms with Crippen LogP contribution in [0.2, 0.25) is 0 Å². The molecule has 0 aliphatic carbocycles. The van der Waals surface area contributed by atoms with Gasteiger partial charge in [-0.3, -0.25) is 9.59 Å². The van der Waals surface area contributed by atoms with Crippen LogP contribution in [0.25, 0.3) is 0 Å². The first-order valence-corrected chi connectivity index (χ1v) is 9.39. The van der Waals surface area contributed by atoms with E-state index in [1.54, 1.807) is 6.92 Å². The van der Waals surface area contributed by atoms with Crippen LogP contribution in [0.15, 0.2) is 18.2 Å².